The number of carbonyl (C=O) groups excluding carboxylic acids is 2. The van der Waals surface area contributed by atoms with Crippen molar-refractivity contribution in [3.8, 4) is 11.8 Å². The predicted octanol–water partition coefficient (Wildman–Crippen LogP) is 5.24. The number of methoxy groups -OCH3 is 1. The smallest absolute Gasteiger partial charge is 0.407 e. The first-order valence-electron chi connectivity index (χ1n) is 18.1. The summed E-state index contributed by atoms with van der Waals surface area (Å²) in [4.78, 5) is 48.5. The van der Waals surface area contributed by atoms with E-state index < -0.39 is 18.5 Å². The van der Waals surface area contributed by atoms with Gasteiger partial charge in [-0.05, 0) is 49.5 Å². The van der Waals surface area contributed by atoms with Crippen LogP contribution in [0.1, 0.15) is 88.5 Å². The van der Waals surface area contributed by atoms with Gasteiger partial charge >= 0.3 is 6.09 Å². The maximum atomic E-state index is 13.6. The maximum Gasteiger partial charge on any atom is 0.407 e. The molecule has 5 aliphatic heterocycles. The molecular weight excluding hydrogens is 701 g/mol. The Balaban J connectivity index is 0.953. The van der Waals surface area contributed by atoms with E-state index in [0.29, 0.717) is 6.54 Å². The van der Waals surface area contributed by atoms with Gasteiger partial charge in [-0.2, -0.15) is 0 Å². The summed E-state index contributed by atoms with van der Waals surface area (Å²) in [6, 6.07) is -0.681. The number of ether oxygens (including phenoxy) is 3. The van der Waals surface area contributed by atoms with Crippen molar-refractivity contribution in [2.75, 3.05) is 27.0 Å². The Labute approximate surface area is 313 Å². The average Bonchev–Trinajstić information content (AvgIpc) is 3.93. The van der Waals surface area contributed by atoms with E-state index >= 15 is 0 Å². The first kappa shape index (κ1) is 36.7. The van der Waals surface area contributed by atoms with Gasteiger partial charge in [-0.1, -0.05) is 46.3 Å². The highest BCUT2D eigenvalue weighted by atomic mass is 32.2. The number of allylic oxidation sites excluding steroid dienone is 1. The molecule has 3 fully saturated rings. The van der Waals surface area contributed by atoms with Gasteiger partial charge in [-0.15, -0.1) is 23.5 Å². The SMILES string of the molecule is C=C([C@@H](NC(=O)OC)C(C)C)N1CCC[C@H]1c1ncc(C#CC2=CC3SC(c4cnc([C@@H]5CCCN5C(=O)[C@@H](NC5OCO5)C(C)C)[nH]4)=CC3S2)[nH]1. The zero-order valence-electron chi connectivity index (χ0n) is 30.3. The molecule has 52 heavy (non-hydrogen) atoms. The van der Waals surface area contributed by atoms with E-state index in [4.69, 9.17) is 24.2 Å². The van der Waals surface area contributed by atoms with Crippen LogP contribution in [0.2, 0.25) is 0 Å². The van der Waals surface area contributed by atoms with Gasteiger partial charge < -0.3 is 39.3 Å². The van der Waals surface area contributed by atoms with E-state index in [1.807, 2.05) is 36.7 Å². The van der Waals surface area contributed by atoms with E-state index in [-0.39, 0.29) is 53.2 Å². The van der Waals surface area contributed by atoms with E-state index in [1.165, 1.54) is 12.0 Å². The second kappa shape index (κ2) is 15.7. The predicted molar refractivity (Wildman–Crippen MR) is 201 cm³/mol. The number of H-pyrrole nitrogens is 2. The van der Waals surface area contributed by atoms with Crippen LogP contribution >= 0.6 is 23.5 Å². The summed E-state index contributed by atoms with van der Waals surface area (Å²) in [7, 11) is 1.37. The summed E-state index contributed by atoms with van der Waals surface area (Å²) in [5.41, 5.74) is 2.61. The zero-order chi connectivity index (χ0) is 36.5. The minimum absolute atomic E-state index is 0.0412. The lowest BCUT2D eigenvalue weighted by molar-refractivity contribution is -0.335. The molecule has 2 unspecified atom stereocenters. The van der Waals surface area contributed by atoms with Crippen LogP contribution in [0.15, 0.2) is 41.7 Å². The van der Waals surface area contributed by atoms with Crippen LogP contribution in [-0.2, 0) is 19.0 Å². The fourth-order valence-corrected chi connectivity index (χ4v) is 10.1. The summed E-state index contributed by atoms with van der Waals surface area (Å²) in [6.07, 6.45) is 11.0. The van der Waals surface area contributed by atoms with Crippen LogP contribution in [0.25, 0.3) is 4.91 Å². The Morgan fingerprint density at radius 3 is 2.29 bits per heavy atom. The van der Waals surface area contributed by atoms with Crippen molar-refractivity contribution in [2.24, 2.45) is 11.8 Å². The van der Waals surface area contributed by atoms with Crippen molar-refractivity contribution in [3.05, 3.63) is 64.8 Å². The van der Waals surface area contributed by atoms with Crippen molar-refractivity contribution in [2.45, 2.75) is 94.5 Å². The lowest BCUT2D eigenvalue weighted by Gasteiger charge is -2.35. The van der Waals surface area contributed by atoms with Gasteiger partial charge in [-0.25, -0.2) is 14.8 Å². The molecule has 6 atom stereocenters. The van der Waals surface area contributed by atoms with Gasteiger partial charge in [0, 0.05) is 34.2 Å². The first-order chi connectivity index (χ1) is 25.1. The molecule has 13 nitrogen and oxygen atoms in total. The van der Waals surface area contributed by atoms with Crippen LogP contribution in [0.4, 0.5) is 4.79 Å². The highest BCUT2D eigenvalue weighted by Crippen LogP contribution is 2.50. The van der Waals surface area contributed by atoms with E-state index in [1.54, 1.807) is 18.0 Å². The number of rotatable bonds is 11. The number of aromatic amines is 2. The van der Waals surface area contributed by atoms with Crippen LogP contribution < -0.4 is 10.6 Å². The third-order valence-corrected chi connectivity index (χ3v) is 12.9. The summed E-state index contributed by atoms with van der Waals surface area (Å²) in [5.74, 6) is 8.63. The molecule has 0 radical (unpaired) electrons. The van der Waals surface area contributed by atoms with Crippen molar-refractivity contribution < 1.29 is 23.8 Å². The number of thioether (sulfide) groups is 2. The number of fused-ring (bicyclic) bond motifs is 1. The van der Waals surface area contributed by atoms with Gasteiger partial charge in [0.2, 0.25) is 12.3 Å². The summed E-state index contributed by atoms with van der Waals surface area (Å²) >= 11 is 3.60. The van der Waals surface area contributed by atoms with E-state index in [0.717, 1.165) is 65.9 Å². The van der Waals surface area contributed by atoms with Gasteiger partial charge in [0.05, 0.1) is 54.3 Å². The van der Waals surface area contributed by atoms with Crippen LogP contribution in [0.3, 0.4) is 0 Å². The number of likely N-dealkylation sites (tertiary alicyclic amines) is 2. The average molecular weight is 749 g/mol. The summed E-state index contributed by atoms with van der Waals surface area (Å²) in [6.45, 7) is 14.3. The second-order valence-electron chi connectivity index (χ2n) is 14.4. The number of carbonyl (C=O) groups is 2. The minimum Gasteiger partial charge on any atom is -0.453 e. The maximum absolute atomic E-state index is 13.6. The normalized spacial score (nSPS) is 25.4. The van der Waals surface area contributed by atoms with Crippen LogP contribution in [0, 0.1) is 23.7 Å². The standard InChI is InChI=1S/C37H48N8O5S2/c1-20(2)31(42-36(47)48-6)22(5)44-13-7-9-26(44)33-38-17-23(40-33)11-12-24-15-29-30(51-24)16-28(52-29)25-18-39-34(41-25)27-10-8-14-45(27)35(46)32(21(3)4)43-37-49-19-50-37/h15-18,20-21,26-27,29-32,37,43H,5,7-10,13-14,19H2,1-4,6H3,(H,38,40)(H,39,41)(H,42,47)/t26-,27-,29?,30?,31-,32-/m0/s1. The van der Waals surface area contributed by atoms with Gasteiger partial charge in [-0.3, -0.25) is 10.1 Å². The van der Waals surface area contributed by atoms with E-state index in [9.17, 15) is 9.59 Å². The molecule has 7 rings (SSSR count). The third kappa shape index (κ3) is 7.68. The lowest BCUT2D eigenvalue weighted by atomic mass is 10.00. The van der Waals surface area contributed by atoms with Crippen molar-refractivity contribution in [1.82, 2.24) is 40.4 Å². The number of nitrogens with zero attached hydrogens (tertiary/aromatic N) is 4. The third-order valence-electron chi connectivity index (χ3n) is 10.2. The number of aromatic nitrogens is 4. The minimum atomic E-state index is -0.530. The van der Waals surface area contributed by atoms with Gasteiger partial charge in [0.1, 0.15) is 17.3 Å². The Morgan fingerprint density at radius 1 is 0.942 bits per heavy atom. The van der Waals surface area contributed by atoms with Crippen molar-refractivity contribution in [3.63, 3.8) is 0 Å². The fourth-order valence-electron chi connectivity index (χ4n) is 7.43. The first-order valence-corrected chi connectivity index (χ1v) is 19.8. The van der Waals surface area contributed by atoms with Crippen LogP contribution in [-0.4, -0.2) is 97.7 Å². The molecule has 5 aliphatic rings. The zero-order valence-corrected chi connectivity index (χ0v) is 31.9. The number of amides is 2. The molecular formula is C37H48N8O5S2. The van der Waals surface area contributed by atoms with Crippen LogP contribution in [0.5, 0.6) is 0 Å². The van der Waals surface area contributed by atoms with Gasteiger partial charge in [0.15, 0.2) is 6.79 Å². The molecule has 0 spiro atoms. The van der Waals surface area contributed by atoms with Crippen molar-refractivity contribution >= 4 is 40.4 Å². The molecule has 3 saturated heterocycles. The molecule has 2 amide bonds. The molecule has 0 saturated carbocycles. The topological polar surface area (TPSA) is 150 Å². The monoisotopic (exact) mass is 748 g/mol. The molecule has 278 valence electrons. The Morgan fingerprint density at radius 2 is 1.62 bits per heavy atom. The molecule has 7 heterocycles. The van der Waals surface area contributed by atoms with Gasteiger partial charge in [0.25, 0.3) is 0 Å². The summed E-state index contributed by atoms with van der Waals surface area (Å²) < 4.78 is 15.6. The number of hydrogen-bond acceptors (Lipinski definition) is 11. The lowest BCUT2D eigenvalue weighted by Crippen LogP contribution is -2.56. The Hall–Kier alpha value is -3.68. The number of imidazole rings is 2. The molecule has 2 aromatic heterocycles. The van der Waals surface area contributed by atoms with E-state index in [2.05, 4.69) is 69.9 Å². The number of alkyl carbamates (subject to hydrolysis) is 1. The highest BCUT2D eigenvalue weighted by Gasteiger charge is 2.40. The molecule has 4 N–H and O–H groups in total. The Kier molecular flexibility index (Phi) is 11.1. The number of nitrogens with one attached hydrogen (secondary N) is 4. The quantitative estimate of drug-likeness (QED) is 0.224. The van der Waals surface area contributed by atoms with Crippen molar-refractivity contribution in [1.29, 1.82) is 0 Å². The molecule has 0 aromatic carbocycles. The fraction of sp³-hybridized carbons (Fsp3) is 0.568. The highest BCUT2D eigenvalue weighted by molar-refractivity contribution is 8.12. The largest absolute Gasteiger partial charge is 0.453 e. The molecule has 0 bridgehead atoms. The molecule has 2 aromatic rings. The molecule has 0 aliphatic carbocycles. The second-order valence-corrected chi connectivity index (χ2v) is 16.8. The Bertz CT molecular complexity index is 1790. The molecule has 15 heteroatoms. The number of hydrogen-bond donors (Lipinski definition) is 4. The summed E-state index contributed by atoms with van der Waals surface area (Å²) in [5, 5.41) is 6.72.